The molecular formula is C15H27N3O6. The van der Waals surface area contributed by atoms with Gasteiger partial charge in [0.2, 0.25) is 0 Å². The molecule has 0 spiro atoms. The fourth-order valence-electron chi connectivity index (χ4n) is 2.13. The van der Waals surface area contributed by atoms with E-state index in [1.807, 2.05) is 6.07 Å². The van der Waals surface area contributed by atoms with Gasteiger partial charge in [0.05, 0.1) is 50.7 Å². The maximum Gasteiger partial charge on any atom is 0.0945 e. The van der Waals surface area contributed by atoms with E-state index >= 15 is 0 Å². The molecule has 0 fully saturated rings. The molecule has 24 heavy (non-hydrogen) atoms. The van der Waals surface area contributed by atoms with E-state index in [1.165, 1.54) is 0 Å². The highest BCUT2D eigenvalue weighted by atomic mass is 16.3. The second-order valence-corrected chi connectivity index (χ2v) is 5.54. The van der Waals surface area contributed by atoms with Crippen LogP contribution in [0, 0.1) is 0 Å². The Bertz CT molecular complexity index is 427. The highest BCUT2D eigenvalue weighted by Gasteiger charge is 2.18. The number of aliphatic hydroxyl groups is 6. The van der Waals surface area contributed by atoms with E-state index in [4.69, 9.17) is 10.2 Å². The third-order valence-corrected chi connectivity index (χ3v) is 3.68. The lowest BCUT2D eigenvalue weighted by Crippen LogP contribution is -2.44. The van der Waals surface area contributed by atoms with Crippen molar-refractivity contribution in [1.29, 1.82) is 0 Å². The highest BCUT2D eigenvalue weighted by Crippen LogP contribution is 2.05. The Kier molecular flexibility index (Phi) is 9.91. The van der Waals surface area contributed by atoms with Gasteiger partial charge in [0, 0.05) is 25.5 Å². The number of pyridine rings is 1. The number of hydrogen-bond donors (Lipinski definition) is 8. The van der Waals surface area contributed by atoms with E-state index < -0.39 is 37.5 Å². The minimum Gasteiger partial charge on any atom is -0.395 e. The average molecular weight is 345 g/mol. The van der Waals surface area contributed by atoms with Gasteiger partial charge in [-0.15, -0.1) is 0 Å². The molecule has 0 bridgehead atoms. The molecule has 1 aromatic rings. The molecule has 9 nitrogen and oxygen atoms in total. The first-order chi connectivity index (χ1) is 11.5. The fourth-order valence-corrected chi connectivity index (χ4v) is 2.13. The van der Waals surface area contributed by atoms with Crippen LogP contribution in [0.15, 0.2) is 18.5 Å². The van der Waals surface area contributed by atoms with Crippen molar-refractivity contribution in [2.45, 2.75) is 37.4 Å². The predicted octanol–water partition coefficient (Wildman–Crippen LogP) is -3.31. The third kappa shape index (κ3) is 6.75. The van der Waals surface area contributed by atoms with Crippen LogP contribution in [0.1, 0.15) is 11.1 Å². The van der Waals surface area contributed by atoms with Crippen LogP contribution in [0.25, 0.3) is 0 Å². The van der Waals surface area contributed by atoms with Gasteiger partial charge in [0.15, 0.2) is 0 Å². The lowest BCUT2D eigenvalue weighted by Gasteiger charge is -2.21. The quantitative estimate of drug-likeness (QED) is 0.194. The maximum absolute atomic E-state index is 9.53. The van der Waals surface area contributed by atoms with Crippen LogP contribution in [-0.4, -0.2) is 86.3 Å². The van der Waals surface area contributed by atoms with E-state index in [2.05, 4.69) is 15.6 Å². The van der Waals surface area contributed by atoms with Crippen molar-refractivity contribution in [3.63, 3.8) is 0 Å². The molecule has 4 atom stereocenters. The first kappa shape index (κ1) is 20.9. The van der Waals surface area contributed by atoms with Gasteiger partial charge in [-0.05, 0) is 11.1 Å². The van der Waals surface area contributed by atoms with Gasteiger partial charge in [-0.2, -0.15) is 0 Å². The van der Waals surface area contributed by atoms with Crippen LogP contribution < -0.4 is 10.6 Å². The zero-order chi connectivity index (χ0) is 17.9. The lowest BCUT2D eigenvalue weighted by atomic mass is 10.1. The smallest absolute Gasteiger partial charge is 0.0945 e. The Morgan fingerprint density at radius 1 is 0.750 bits per heavy atom. The van der Waals surface area contributed by atoms with E-state index in [0.717, 1.165) is 11.1 Å². The van der Waals surface area contributed by atoms with Gasteiger partial charge in [-0.1, -0.05) is 6.07 Å². The van der Waals surface area contributed by atoms with Crippen LogP contribution in [0.5, 0.6) is 0 Å². The summed E-state index contributed by atoms with van der Waals surface area (Å²) in [6.07, 6.45) is 1.14. The van der Waals surface area contributed by atoms with Crippen LogP contribution >= 0.6 is 0 Å². The second kappa shape index (κ2) is 11.4. The van der Waals surface area contributed by atoms with Crippen molar-refractivity contribution in [2.24, 2.45) is 0 Å². The number of aliphatic hydroxyl groups excluding tert-OH is 6. The van der Waals surface area contributed by atoms with Gasteiger partial charge >= 0.3 is 0 Å². The van der Waals surface area contributed by atoms with Crippen molar-refractivity contribution in [3.05, 3.63) is 29.6 Å². The maximum atomic E-state index is 9.53. The summed E-state index contributed by atoms with van der Waals surface area (Å²) in [5, 5.41) is 61.1. The molecule has 0 aliphatic rings. The van der Waals surface area contributed by atoms with Gasteiger partial charge in [-0.25, -0.2) is 0 Å². The summed E-state index contributed by atoms with van der Waals surface area (Å²) in [6.45, 7) is -0.842. The number of aromatic nitrogens is 1. The van der Waals surface area contributed by atoms with Crippen LogP contribution in [0.4, 0.5) is 0 Å². The summed E-state index contributed by atoms with van der Waals surface area (Å²) in [6, 6.07) is 0.553. The molecule has 1 aromatic heterocycles. The third-order valence-electron chi connectivity index (χ3n) is 3.68. The molecule has 9 heteroatoms. The first-order valence-electron chi connectivity index (χ1n) is 7.74. The summed E-state index contributed by atoms with van der Waals surface area (Å²) in [7, 11) is 0. The predicted molar refractivity (Wildman–Crippen MR) is 85.8 cm³/mol. The summed E-state index contributed by atoms with van der Waals surface area (Å²) in [4.78, 5) is 4.09. The van der Waals surface area contributed by atoms with Gasteiger partial charge < -0.3 is 41.3 Å². The summed E-state index contributed by atoms with van der Waals surface area (Å²) < 4.78 is 0. The summed E-state index contributed by atoms with van der Waals surface area (Å²) >= 11 is 0. The van der Waals surface area contributed by atoms with Gasteiger partial charge in [-0.3, -0.25) is 4.98 Å². The number of nitrogens with one attached hydrogen (secondary N) is 2. The summed E-state index contributed by atoms with van der Waals surface area (Å²) in [5.74, 6) is 0. The van der Waals surface area contributed by atoms with Crippen LogP contribution in [-0.2, 0) is 13.1 Å². The van der Waals surface area contributed by atoms with E-state index in [9.17, 15) is 20.4 Å². The van der Waals surface area contributed by atoms with Crippen molar-refractivity contribution >= 4 is 0 Å². The Balaban J connectivity index is 2.57. The standard InChI is InChI=1S/C15H27N3O6/c19-6-12(14(23)8-21)17-4-10-1-11(3-16-2-10)5-18-13(7-20)15(24)9-22/h1-3,12-15,17-24H,4-9H2. The zero-order valence-electron chi connectivity index (χ0n) is 13.4. The topological polar surface area (TPSA) is 158 Å². The van der Waals surface area contributed by atoms with Gasteiger partial charge in [0.1, 0.15) is 0 Å². The molecule has 0 radical (unpaired) electrons. The molecule has 8 N–H and O–H groups in total. The summed E-state index contributed by atoms with van der Waals surface area (Å²) in [5.41, 5.74) is 1.61. The number of hydrogen-bond acceptors (Lipinski definition) is 9. The minimum atomic E-state index is -1.06. The van der Waals surface area contributed by atoms with Crippen LogP contribution in [0.2, 0.25) is 0 Å². The first-order valence-corrected chi connectivity index (χ1v) is 7.74. The van der Waals surface area contributed by atoms with E-state index in [-0.39, 0.29) is 13.2 Å². The molecule has 0 aliphatic carbocycles. The van der Waals surface area contributed by atoms with Gasteiger partial charge in [0.25, 0.3) is 0 Å². The van der Waals surface area contributed by atoms with Crippen molar-refractivity contribution < 1.29 is 30.6 Å². The molecule has 0 saturated heterocycles. The molecule has 1 heterocycles. The Labute approximate surface area is 140 Å². The Morgan fingerprint density at radius 2 is 1.17 bits per heavy atom. The Morgan fingerprint density at radius 3 is 1.50 bits per heavy atom. The molecule has 0 amide bonds. The van der Waals surface area contributed by atoms with Crippen LogP contribution in [0.3, 0.4) is 0 Å². The molecular weight excluding hydrogens is 318 g/mol. The highest BCUT2D eigenvalue weighted by molar-refractivity contribution is 5.18. The average Bonchev–Trinajstić information content (AvgIpc) is 2.62. The Hall–Kier alpha value is -1.17. The van der Waals surface area contributed by atoms with Crippen molar-refractivity contribution in [2.75, 3.05) is 26.4 Å². The zero-order valence-corrected chi connectivity index (χ0v) is 13.4. The monoisotopic (exact) mass is 345 g/mol. The van der Waals surface area contributed by atoms with E-state index in [1.54, 1.807) is 12.4 Å². The molecule has 0 aliphatic heterocycles. The lowest BCUT2D eigenvalue weighted by molar-refractivity contribution is 0.0409. The van der Waals surface area contributed by atoms with E-state index in [0.29, 0.717) is 13.1 Å². The SMILES string of the molecule is OCC(O)C(CO)NCc1cncc(CNC(CO)C(O)CO)c1. The molecule has 138 valence electrons. The molecule has 0 saturated carbocycles. The fraction of sp³-hybridized carbons (Fsp3) is 0.667. The molecule has 1 rings (SSSR count). The molecule has 0 aromatic carbocycles. The van der Waals surface area contributed by atoms with Crippen molar-refractivity contribution in [1.82, 2.24) is 15.6 Å². The second-order valence-electron chi connectivity index (χ2n) is 5.54. The number of nitrogens with zero attached hydrogens (tertiary/aromatic N) is 1. The largest absolute Gasteiger partial charge is 0.395 e. The van der Waals surface area contributed by atoms with Crippen molar-refractivity contribution in [3.8, 4) is 0 Å². The minimum absolute atomic E-state index is 0.312. The molecule has 4 unspecified atom stereocenters. The number of rotatable bonds is 12. The normalized spacial score (nSPS) is 16.6.